The summed E-state index contributed by atoms with van der Waals surface area (Å²) in [4.78, 5) is 18.3. The largest absolute Gasteiger partial charge is 0.419 e. The maximum absolute atomic E-state index is 13.1. The smallest absolute Gasteiger partial charge is 0.282 e. The van der Waals surface area contributed by atoms with E-state index in [-0.39, 0.29) is 10.8 Å². The highest BCUT2D eigenvalue weighted by atomic mass is 32.2. The van der Waals surface area contributed by atoms with Crippen LogP contribution >= 0.6 is 23.1 Å². The van der Waals surface area contributed by atoms with Gasteiger partial charge in [0.1, 0.15) is 4.83 Å². The molecule has 7 nitrogen and oxygen atoms in total. The van der Waals surface area contributed by atoms with Crippen LogP contribution in [0.5, 0.6) is 0 Å². The number of nitrogens with zero attached hydrogens (tertiary/aromatic N) is 4. The van der Waals surface area contributed by atoms with Crippen molar-refractivity contribution in [2.75, 3.05) is 5.84 Å². The van der Waals surface area contributed by atoms with Crippen molar-refractivity contribution in [3.63, 3.8) is 0 Å². The summed E-state index contributed by atoms with van der Waals surface area (Å²) in [6, 6.07) is 19.3. The molecule has 0 radical (unpaired) electrons. The average molecular weight is 448 g/mol. The highest BCUT2D eigenvalue weighted by molar-refractivity contribution is 7.99. The molecule has 31 heavy (non-hydrogen) atoms. The molecule has 5 rings (SSSR count). The van der Waals surface area contributed by atoms with Crippen molar-refractivity contribution < 1.29 is 4.42 Å². The molecule has 3 aromatic heterocycles. The van der Waals surface area contributed by atoms with Crippen LogP contribution in [0.4, 0.5) is 0 Å². The summed E-state index contributed by atoms with van der Waals surface area (Å²) in [5, 5.41) is 10.9. The molecule has 0 aliphatic carbocycles. The van der Waals surface area contributed by atoms with Gasteiger partial charge >= 0.3 is 0 Å². The Morgan fingerprint density at radius 1 is 1.03 bits per heavy atom. The molecule has 3 heterocycles. The third kappa shape index (κ3) is 3.62. The van der Waals surface area contributed by atoms with Gasteiger partial charge in [-0.05, 0) is 24.6 Å². The second kappa shape index (κ2) is 8.01. The topological polar surface area (TPSA) is 99.8 Å². The summed E-state index contributed by atoms with van der Waals surface area (Å²) in [7, 11) is 0. The van der Waals surface area contributed by atoms with E-state index in [2.05, 4.69) is 15.2 Å². The summed E-state index contributed by atoms with van der Waals surface area (Å²) < 4.78 is 6.92. The van der Waals surface area contributed by atoms with E-state index in [1.165, 1.54) is 23.1 Å². The Morgan fingerprint density at radius 3 is 2.42 bits per heavy atom. The fourth-order valence-corrected chi connectivity index (χ4v) is 5.05. The lowest BCUT2D eigenvalue weighted by atomic mass is 10.1. The number of thiophene rings is 1. The third-order valence-corrected chi connectivity index (χ3v) is 6.71. The summed E-state index contributed by atoms with van der Waals surface area (Å²) in [5.41, 5.74) is 2.36. The van der Waals surface area contributed by atoms with Crippen molar-refractivity contribution >= 4 is 33.3 Å². The maximum atomic E-state index is 13.1. The number of thioether (sulfide) groups is 1. The lowest BCUT2D eigenvalue weighted by Crippen LogP contribution is -2.29. The SMILES string of the molecule is CC(Sc1nc2scc(-c3ccccc3)c2c(=O)n1N)c1nnc(-c2ccccc2)o1. The van der Waals surface area contributed by atoms with Gasteiger partial charge in [0.2, 0.25) is 11.8 Å². The normalized spacial score (nSPS) is 12.3. The molecular formula is C22H17N5O2S2. The molecule has 0 aliphatic heterocycles. The van der Waals surface area contributed by atoms with E-state index in [1.807, 2.05) is 73.0 Å². The van der Waals surface area contributed by atoms with E-state index >= 15 is 0 Å². The van der Waals surface area contributed by atoms with Gasteiger partial charge in [-0.15, -0.1) is 21.5 Å². The zero-order chi connectivity index (χ0) is 21.4. The minimum atomic E-state index is -0.282. The standard InChI is InChI=1S/C22H17N5O2S2/c1-13(18-25-26-19(29-18)15-10-6-3-7-11-15)31-22-24-20-17(21(28)27(22)23)16(12-30-20)14-8-4-2-5-9-14/h2-13H,23H2,1H3. The molecule has 2 N–H and O–H groups in total. The van der Waals surface area contributed by atoms with Crippen molar-refractivity contribution in [3.05, 3.63) is 82.3 Å². The first-order valence-corrected chi connectivity index (χ1v) is 11.3. The molecule has 0 saturated carbocycles. The number of hydrogen-bond acceptors (Lipinski definition) is 8. The third-order valence-electron chi connectivity index (χ3n) is 4.78. The molecule has 1 atom stereocenters. The minimum absolute atomic E-state index is 0.238. The van der Waals surface area contributed by atoms with E-state index in [9.17, 15) is 4.79 Å². The van der Waals surface area contributed by atoms with Gasteiger partial charge in [0.05, 0.1) is 10.6 Å². The number of nitrogens with two attached hydrogens (primary N) is 1. The second-order valence-corrected chi connectivity index (χ2v) is 9.00. The average Bonchev–Trinajstić information content (AvgIpc) is 3.46. The summed E-state index contributed by atoms with van der Waals surface area (Å²) >= 11 is 2.73. The first-order chi connectivity index (χ1) is 15.1. The number of benzene rings is 2. The van der Waals surface area contributed by atoms with Gasteiger partial charge in [0, 0.05) is 16.5 Å². The van der Waals surface area contributed by atoms with Crippen molar-refractivity contribution in [1.29, 1.82) is 0 Å². The number of nitrogen functional groups attached to an aromatic ring is 1. The van der Waals surface area contributed by atoms with E-state index in [0.717, 1.165) is 21.4 Å². The molecule has 2 aromatic carbocycles. The van der Waals surface area contributed by atoms with Gasteiger partial charge < -0.3 is 10.3 Å². The number of hydrogen-bond donors (Lipinski definition) is 1. The summed E-state index contributed by atoms with van der Waals surface area (Å²) in [5.74, 6) is 7.02. The molecule has 0 bridgehead atoms. The van der Waals surface area contributed by atoms with Crippen molar-refractivity contribution in [2.45, 2.75) is 17.3 Å². The van der Waals surface area contributed by atoms with Crippen molar-refractivity contribution in [1.82, 2.24) is 19.9 Å². The van der Waals surface area contributed by atoms with Crippen LogP contribution in [0.2, 0.25) is 0 Å². The quantitative estimate of drug-likeness (QED) is 0.236. The Balaban J connectivity index is 1.47. The first kappa shape index (κ1) is 19.5. The van der Waals surface area contributed by atoms with E-state index in [1.54, 1.807) is 0 Å². The van der Waals surface area contributed by atoms with Gasteiger partial charge in [-0.3, -0.25) is 4.79 Å². The number of aromatic nitrogens is 4. The highest BCUT2D eigenvalue weighted by Crippen LogP contribution is 2.36. The maximum Gasteiger partial charge on any atom is 0.282 e. The highest BCUT2D eigenvalue weighted by Gasteiger charge is 2.21. The molecule has 5 aromatic rings. The predicted octanol–water partition coefficient (Wildman–Crippen LogP) is 4.74. The molecule has 9 heteroatoms. The van der Waals surface area contributed by atoms with E-state index in [0.29, 0.717) is 27.2 Å². The predicted molar refractivity (Wildman–Crippen MR) is 123 cm³/mol. The van der Waals surface area contributed by atoms with Gasteiger partial charge in [-0.2, -0.15) is 0 Å². The Hall–Kier alpha value is -3.43. The monoisotopic (exact) mass is 447 g/mol. The van der Waals surface area contributed by atoms with Crippen molar-refractivity contribution in [2.24, 2.45) is 0 Å². The lowest BCUT2D eigenvalue weighted by Gasteiger charge is -2.10. The Bertz CT molecular complexity index is 1410. The van der Waals surface area contributed by atoms with E-state index < -0.39 is 0 Å². The molecule has 0 aliphatic rings. The van der Waals surface area contributed by atoms with Crippen LogP contribution in [0.25, 0.3) is 32.8 Å². The van der Waals surface area contributed by atoms with Crippen LogP contribution < -0.4 is 11.4 Å². The van der Waals surface area contributed by atoms with Gasteiger partial charge in [0.25, 0.3) is 5.56 Å². The fraction of sp³-hybridized carbons (Fsp3) is 0.0909. The minimum Gasteiger partial charge on any atom is -0.419 e. The fourth-order valence-electron chi connectivity index (χ4n) is 3.20. The molecule has 0 saturated heterocycles. The van der Waals surface area contributed by atoms with Gasteiger partial charge in [-0.25, -0.2) is 9.66 Å². The molecular weight excluding hydrogens is 430 g/mol. The van der Waals surface area contributed by atoms with Crippen LogP contribution in [-0.4, -0.2) is 19.9 Å². The summed E-state index contributed by atoms with van der Waals surface area (Å²) in [6.07, 6.45) is 0. The lowest BCUT2D eigenvalue weighted by molar-refractivity contribution is 0.508. The number of rotatable bonds is 5. The zero-order valence-electron chi connectivity index (χ0n) is 16.4. The van der Waals surface area contributed by atoms with Crippen LogP contribution in [0.3, 0.4) is 0 Å². The van der Waals surface area contributed by atoms with Gasteiger partial charge in [0.15, 0.2) is 5.16 Å². The van der Waals surface area contributed by atoms with Crippen LogP contribution in [0.1, 0.15) is 18.1 Å². The Kier molecular flexibility index (Phi) is 5.05. The molecule has 0 amide bonds. The van der Waals surface area contributed by atoms with Crippen molar-refractivity contribution in [3.8, 4) is 22.6 Å². The second-order valence-electron chi connectivity index (χ2n) is 6.84. The van der Waals surface area contributed by atoms with Gasteiger partial charge in [-0.1, -0.05) is 60.3 Å². The Morgan fingerprint density at radius 2 is 1.71 bits per heavy atom. The van der Waals surface area contributed by atoms with Crippen LogP contribution in [-0.2, 0) is 0 Å². The van der Waals surface area contributed by atoms with E-state index in [4.69, 9.17) is 10.3 Å². The number of fused-ring (bicyclic) bond motifs is 1. The molecule has 0 fully saturated rings. The molecule has 1 unspecified atom stereocenters. The zero-order valence-corrected chi connectivity index (χ0v) is 18.1. The van der Waals surface area contributed by atoms with Crippen LogP contribution in [0, 0.1) is 0 Å². The summed E-state index contributed by atoms with van der Waals surface area (Å²) in [6.45, 7) is 1.91. The first-order valence-electron chi connectivity index (χ1n) is 9.52. The Labute approximate surface area is 185 Å². The van der Waals surface area contributed by atoms with Crippen LogP contribution in [0.15, 0.2) is 80.4 Å². The molecule has 154 valence electrons. The molecule has 0 spiro atoms.